The maximum atomic E-state index is 15.0. The third-order valence-electron chi connectivity index (χ3n) is 8.21. The number of nitrogens with one attached hydrogen (secondary N) is 3. The number of aromatic nitrogens is 2. The lowest BCUT2D eigenvalue weighted by Crippen LogP contribution is -2.51. The van der Waals surface area contributed by atoms with Crippen LogP contribution in [0.5, 0.6) is 5.75 Å². The second kappa shape index (κ2) is 17.4. The van der Waals surface area contributed by atoms with Crippen molar-refractivity contribution < 1.29 is 46.9 Å². The van der Waals surface area contributed by atoms with Crippen LogP contribution in [0.25, 0.3) is 10.9 Å². The molecule has 282 valence electrons. The van der Waals surface area contributed by atoms with Gasteiger partial charge in [-0.25, -0.2) is 13.6 Å². The summed E-state index contributed by atoms with van der Waals surface area (Å²) in [6.45, 7) is 8.76. The highest BCUT2D eigenvalue weighted by atomic mass is 19.2. The summed E-state index contributed by atoms with van der Waals surface area (Å²) < 4.78 is 51.1. The van der Waals surface area contributed by atoms with Crippen molar-refractivity contribution in [2.45, 2.75) is 51.8 Å². The van der Waals surface area contributed by atoms with E-state index in [0.29, 0.717) is 30.9 Å². The number of halogens is 2. The number of likely N-dealkylation sites (tertiary alicyclic amines) is 1. The van der Waals surface area contributed by atoms with Crippen LogP contribution >= 0.6 is 0 Å². The lowest BCUT2D eigenvalue weighted by atomic mass is 10.00. The van der Waals surface area contributed by atoms with Crippen LogP contribution < -0.4 is 15.4 Å². The fourth-order valence-corrected chi connectivity index (χ4v) is 5.61. The number of rotatable bonds is 15. The molecular formula is C38H43F2N5O8. The number of fused-ring (bicyclic) bond motifs is 1. The van der Waals surface area contributed by atoms with Crippen LogP contribution in [0.1, 0.15) is 70.8 Å². The van der Waals surface area contributed by atoms with Gasteiger partial charge in [-0.1, -0.05) is 25.1 Å². The molecule has 0 aliphatic carbocycles. The Balaban J connectivity index is 1.26. The third kappa shape index (κ3) is 10.1. The zero-order valence-electron chi connectivity index (χ0n) is 30.0. The molecule has 1 saturated heterocycles. The molecule has 53 heavy (non-hydrogen) atoms. The first kappa shape index (κ1) is 38.8. The molecule has 1 aliphatic heterocycles. The van der Waals surface area contributed by atoms with Gasteiger partial charge in [-0.05, 0) is 63.6 Å². The second-order valence-corrected chi connectivity index (χ2v) is 13.4. The van der Waals surface area contributed by atoms with Crippen LogP contribution in [0, 0.1) is 11.6 Å². The fraction of sp³-hybridized carbons (Fsp3) is 0.395. The van der Waals surface area contributed by atoms with Gasteiger partial charge in [-0.3, -0.25) is 19.5 Å². The first-order valence-electron chi connectivity index (χ1n) is 17.3. The highest BCUT2D eigenvalue weighted by Crippen LogP contribution is 2.27. The summed E-state index contributed by atoms with van der Waals surface area (Å²) >= 11 is 0. The molecule has 0 radical (unpaired) electrons. The van der Waals surface area contributed by atoms with E-state index in [0.717, 1.165) is 17.9 Å². The zero-order chi connectivity index (χ0) is 38.1. The van der Waals surface area contributed by atoms with Gasteiger partial charge in [0.05, 0.1) is 43.6 Å². The van der Waals surface area contributed by atoms with Crippen LogP contribution in [0.3, 0.4) is 0 Å². The average molecular weight is 736 g/mol. The van der Waals surface area contributed by atoms with Crippen molar-refractivity contribution in [3.63, 3.8) is 0 Å². The van der Waals surface area contributed by atoms with E-state index in [1.54, 1.807) is 45.2 Å². The maximum Gasteiger partial charge on any atom is 0.410 e. The van der Waals surface area contributed by atoms with Gasteiger partial charge in [0, 0.05) is 41.8 Å². The van der Waals surface area contributed by atoms with E-state index in [1.165, 1.54) is 35.2 Å². The largest absolute Gasteiger partial charge is 0.490 e. The van der Waals surface area contributed by atoms with Crippen LogP contribution in [-0.4, -0.2) is 103 Å². The Morgan fingerprint density at radius 1 is 0.830 bits per heavy atom. The molecule has 1 fully saturated rings. The van der Waals surface area contributed by atoms with Gasteiger partial charge >= 0.3 is 6.09 Å². The van der Waals surface area contributed by atoms with Gasteiger partial charge in [0.1, 0.15) is 23.5 Å². The normalized spacial score (nSPS) is 15.7. The molecular weight excluding hydrogens is 692 g/mol. The predicted molar refractivity (Wildman–Crippen MR) is 190 cm³/mol. The molecule has 3 aromatic carbocycles. The Morgan fingerprint density at radius 3 is 2.09 bits per heavy atom. The number of ketones is 1. The summed E-state index contributed by atoms with van der Waals surface area (Å²) in [7, 11) is 0. The molecule has 3 N–H and O–H groups in total. The van der Waals surface area contributed by atoms with Gasteiger partial charge in [-0.2, -0.15) is 5.10 Å². The molecule has 0 spiro atoms. The number of benzene rings is 3. The van der Waals surface area contributed by atoms with E-state index in [1.807, 2.05) is 6.92 Å². The monoisotopic (exact) mass is 735 g/mol. The van der Waals surface area contributed by atoms with Crippen LogP contribution in [-0.2, 0) is 14.2 Å². The van der Waals surface area contributed by atoms with Gasteiger partial charge in [0.2, 0.25) is 0 Å². The fourth-order valence-electron chi connectivity index (χ4n) is 5.61. The first-order valence-corrected chi connectivity index (χ1v) is 17.3. The molecule has 2 atom stereocenters. The molecule has 4 aromatic rings. The number of hydrogen-bond donors (Lipinski definition) is 3. The maximum absolute atomic E-state index is 15.0. The van der Waals surface area contributed by atoms with Gasteiger partial charge < -0.3 is 34.5 Å². The van der Waals surface area contributed by atoms with E-state index < -0.39 is 58.6 Å². The number of carbonyl (C=O) groups is 4. The molecule has 13 nitrogen and oxygen atoms in total. The van der Waals surface area contributed by atoms with E-state index >= 15 is 0 Å². The minimum Gasteiger partial charge on any atom is -0.490 e. The number of amides is 3. The van der Waals surface area contributed by atoms with Crippen molar-refractivity contribution in [2.24, 2.45) is 0 Å². The van der Waals surface area contributed by atoms with Crippen molar-refractivity contribution in [3.05, 3.63) is 94.7 Å². The van der Waals surface area contributed by atoms with Crippen molar-refractivity contribution in [2.75, 3.05) is 46.1 Å². The molecule has 1 aromatic heterocycles. The van der Waals surface area contributed by atoms with Gasteiger partial charge in [-0.15, -0.1) is 0 Å². The van der Waals surface area contributed by atoms with Gasteiger partial charge in [0.25, 0.3) is 11.8 Å². The molecule has 0 saturated carbocycles. The predicted octanol–water partition coefficient (Wildman–Crippen LogP) is 5.04. The molecule has 5 rings (SSSR count). The summed E-state index contributed by atoms with van der Waals surface area (Å²) in [6.07, 6.45) is 1.92. The van der Waals surface area contributed by atoms with Crippen molar-refractivity contribution in [3.8, 4) is 5.75 Å². The van der Waals surface area contributed by atoms with Crippen LogP contribution in [0.15, 0.2) is 60.8 Å². The lowest BCUT2D eigenvalue weighted by molar-refractivity contribution is 0.0286. The summed E-state index contributed by atoms with van der Waals surface area (Å²) in [6, 6.07) is 11.0. The topological polar surface area (TPSA) is 161 Å². The minimum atomic E-state index is -1.36. The number of ether oxygens (including phenoxy) is 4. The number of hydrogen-bond acceptors (Lipinski definition) is 9. The molecule has 2 heterocycles. The van der Waals surface area contributed by atoms with E-state index in [4.69, 9.17) is 18.9 Å². The van der Waals surface area contributed by atoms with E-state index in [-0.39, 0.29) is 43.2 Å². The summed E-state index contributed by atoms with van der Waals surface area (Å²) in [5.74, 6) is -4.57. The quantitative estimate of drug-likeness (QED) is 0.112. The Kier molecular flexibility index (Phi) is 12.7. The Labute approximate surface area is 305 Å². The van der Waals surface area contributed by atoms with Gasteiger partial charge in [0.15, 0.2) is 17.4 Å². The molecule has 3 amide bonds. The number of H-pyrrole nitrogens is 1. The smallest absolute Gasteiger partial charge is 0.410 e. The number of carbonyl (C=O) groups excluding carboxylic acids is 4. The Hall–Kier alpha value is -5.41. The molecule has 15 heteroatoms. The van der Waals surface area contributed by atoms with Crippen molar-refractivity contribution in [1.82, 2.24) is 25.7 Å². The lowest BCUT2D eigenvalue weighted by Gasteiger charge is -2.24. The average Bonchev–Trinajstić information content (AvgIpc) is 3.76. The highest BCUT2D eigenvalue weighted by Gasteiger charge is 2.39. The SMILES string of the molecule is CCCOCCOCCOc1ccc(F)c(F)c1C(=O)c1ccc(C(=O)N[C@@H]2CN(C(=O)OC(C)(C)C)C[C@H]2NC(=O)c2ccc3cn[nH]c3c2)cc1. The number of aromatic amines is 1. The standard InChI is InChI=1S/C38H43F2N5O8/c1-5-14-50-15-16-51-17-18-52-31-13-12-27(39)33(40)32(31)34(46)23-6-8-24(9-7-23)35(47)42-29-21-45(37(49)53-38(2,3)4)22-30(29)43-36(48)25-10-11-26-20-41-44-28(26)19-25/h6-13,19-20,29-30H,5,14-18,21-22H2,1-4H3,(H,41,44)(H,42,47)(H,43,48)/t29-,30-/m1/s1. The van der Waals surface area contributed by atoms with Crippen molar-refractivity contribution in [1.29, 1.82) is 0 Å². The molecule has 0 unspecified atom stereocenters. The first-order chi connectivity index (χ1) is 25.3. The minimum absolute atomic E-state index is 0.0171. The van der Waals surface area contributed by atoms with Crippen LogP contribution in [0.4, 0.5) is 13.6 Å². The number of nitrogens with zero attached hydrogens (tertiary/aromatic N) is 2. The van der Waals surface area contributed by atoms with Crippen molar-refractivity contribution >= 4 is 34.6 Å². The molecule has 0 bridgehead atoms. The van der Waals surface area contributed by atoms with E-state index in [9.17, 15) is 28.0 Å². The third-order valence-corrected chi connectivity index (χ3v) is 8.21. The summed E-state index contributed by atoms with van der Waals surface area (Å²) in [4.78, 5) is 54.6. The second-order valence-electron chi connectivity index (χ2n) is 13.4. The Bertz CT molecular complexity index is 1930. The Morgan fingerprint density at radius 2 is 1.43 bits per heavy atom. The molecule has 1 aliphatic rings. The summed E-state index contributed by atoms with van der Waals surface area (Å²) in [5, 5.41) is 13.4. The summed E-state index contributed by atoms with van der Waals surface area (Å²) in [5.41, 5.74) is -0.210. The van der Waals surface area contributed by atoms with Crippen LogP contribution in [0.2, 0.25) is 0 Å². The highest BCUT2D eigenvalue weighted by molar-refractivity contribution is 6.11. The van der Waals surface area contributed by atoms with E-state index in [2.05, 4.69) is 20.8 Å². The zero-order valence-corrected chi connectivity index (χ0v) is 30.0.